The Kier molecular flexibility index (Phi) is 35.8. The van der Waals surface area contributed by atoms with Gasteiger partial charge in [-0.25, -0.2) is 9.97 Å². The summed E-state index contributed by atoms with van der Waals surface area (Å²) in [6, 6.07) is 62.1. The topological polar surface area (TPSA) is 294 Å². The fraction of sp³-hybridized carbons (Fsp3) is 0.273. The third-order valence-corrected chi connectivity index (χ3v) is 17.3. The van der Waals surface area contributed by atoms with Crippen LogP contribution in [-0.4, -0.2) is 156 Å². The van der Waals surface area contributed by atoms with Crippen molar-refractivity contribution in [3.63, 3.8) is 0 Å². The van der Waals surface area contributed by atoms with Gasteiger partial charge in [0, 0.05) is 92.9 Å². The second-order valence-electron chi connectivity index (χ2n) is 25.7. The molecule has 7 aromatic heterocycles. The summed E-state index contributed by atoms with van der Waals surface area (Å²) < 4.78 is 141. The van der Waals surface area contributed by atoms with Crippen molar-refractivity contribution in [3.05, 3.63) is 266 Å². The van der Waals surface area contributed by atoms with Crippen LogP contribution in [0.4, 0.5) is 0 Å². The zero-order valence-electron chi connectivity index (χ0n) is 65.9. The minimum atomic E-state index is -0.0952. The van der Waals surface area contributed by atoms with Crippen molar-refractivity contribution in [2.45, 2.75) is 26.9 Å². The van der Waals surface area contributed by atoms with Crippen LogP contribution < -0.4 is 37.2 Å². The van der Waals surface area contributed by atoms with Crippen molar-refractivity contribution in [2.24, 2.45) is 0 Å². The van der Waals surface area contributed by atoms with Gasteiger partial charge in [-0.2, -0.15) is 18.3 Å². The first kappa shape index (κ1) is 86.3. The largest absolute Gasteiger partial charge is 0.467 e. The first-order valence-electron chi connectivity index (χ1n) is 38.0. The van der Waals surface area contributed by atoms with E-state index < -0.39 is 0 Å². The van der Waals surface area contributed by atoms with E-state index in [-0.39, 0.29) is 136 Å². The Bertz CT molecular complexity index is 4410. The Balaban J connectivity index is 0.730. The summed E-state index contributed by atoms with van der Waals surface area (Å²) in [7, 11) is 0. The van der Waals surface area contributed by atoms with Gasteiger partial charge in [-0.1, -0.05) is 72.8 Å². The zero-order chi connectivity index (χ0) is 81.7. The number of fused-ring (bicyclic) bond motifs is 8. The molecular formula is C88H94N8O24+4. The third kappa shape index (κ3) is 28.3. The molecule has 0 unspecified atom stereocenters. The zero-order valence-corrected chi connectivity index (χ0v) is 65.9. The molecule has 32 heteroatoms. The molecule has 8 bridgehead atoms. The van der Waals surface area contributed by atoms with E-state index in [1.54, 1.807) is 0 Å². The fourth-order valence-electron chi connectivity index (χ4n) is 11.9. The molecule has 120 heavy (non-hydrogen) atoms. The molecule has 0 saturated carbocycles. The number of hydrogen-bond donors (Lipinski definition) is 2. The Morgan fingerprint density at radius 1 is 0.192 bits per heavy atom. The molecule has 32 nitrogen and oxygen atoms in total. The smallest absolute Gasteiger partial charge is 0.254 e. The minimum absolute atomic E-state index is 0.0242. The number of nitrogens with one attached hydrogen (secondary N) is 2. The van der Waals surface area contributed by atoms with Crippen LogP contribution in [0, 0.1) is 0 Å². The van der Waals surface area contributed by atoms with Gasteiger partial charge >= 0.3 is 0 Å². The first-order valence-corrected chi connectivity index (χ1v) is 38.0. The van der Waals surface area contributed by atoms with Crippen molar-refractivity contribution in [1.82, 2.24) is 19.9 Å². The number of pyridine rings is 4. The van der Waals surface area contributed by atoms with Gasteiger partial charge in [-0.3, -0.25) is 18.9 Å². The Labute approximate surface area is 691 Å². The number of hydrogen-bond acceptors (Lipinski definition) is 26. The van der Waals surface area contributed by atoms with Crippen molar-refractivity contribution < 1.29 is 132 Å². The van der Waals surface area contributed by atoms with Crippen molar-refractivity contribution in [3.8, 4) is 67.5 Å². The van der Waals surface area contributed by atoms with Crippen LogP contribution in [0.1, 0.15) is 22.8 Å². The van der Waals surface area contributed by atoms with E-state index in [2.05, 4.69) is 9.97 Å². The lowest BCUT2D eigenvalue weighted by molar-refractivity contribution is -0.735. The minimum Gasteiger partial charge on any atom is -0.467 e. The molecule has 2 aliphatic rings. The second kappa shape index (κ2) is 49.8. The Hall–Kier alpha value is -11.5. The number of nitrogens with zero attached hydrogens (tertiary/aromatic N) is 6. The Morgan fingerprint density at radius 3 is 0.558 bits per heavy atom. The monoisotopic (exact) mass is 1650 g/mol. The van der Waals surface area contributed by atoms with Crippen LogP contribution in [0.25, 0.3) is 90.9 Å². The summed E-state index contributed by atoms with van der Waals surface area (Å²) >= 11 is 0. The SMILES string of the molecule is C1=Cc2nc1c(-c1ccc(OCOCOCOCOCOC[n+]3ccccc3)cc1)c1ccc([nH]1)c(-c1ccc(OCOCOCOCOCOC[n+]3ccccc3)cc1)c1nc(c(-c3ccc(OCOCOCOCOCOC[n+]4ccccc4)cc3)c3ccc([nH]3)c2-c2ccc(OCOCOCOCOCOC[n+]3ccccc3)cc2)C=C1. The van der Waals surface area contributed by atoms with Gasteiger partial charge in [-0.15, -0.1) is 0 Å². The molecule has 0 amide bonds. The summed E-state index contributed by atoms with van der Waals surface area (Å²) in [5.74, 6) is 2.22. The highest BCUT2D eigenvalue weighted by Gasteiger charge is 2.21. The summed E-state index contributed by atoms with van der Waals surface area (Å²) in [6.07, 6.45) is 23.3. The molecule has 4 aromatic carbocycles. The van der Waals surface area contributed by atoms with Gasteiger partial charge < -0.3 is 105 Å². The average molecular weight is 1650 g/mol. The van der Waals surface area contributed by atoms with E-state index in [0.29, 0.717) is 72.7 Å². The van der Waals surface area contributed by atoms with E-state index in [4.69, 9.17) is 124 Å². The highest BCUT2D eigenvalue weighted by Crippen LogP contribution is 2.40. The average Bonchev–Trinajstić information content (AvgIpc) is 1.61. The lowest BCUT2D eigenvalue weighted by atomic mass is 10.0. The lowest BCUT2D eigenvalue weighted by Gasteiger charge is -2.11. The van der Waals surface area contributed by atoms with Gasteiger partial charge in [0.25, 0.3) is 26.9 Å². The molecule has 0 radical (unpaired) electrons. The third-order valence-electron chi connectivity index (χ3n) is 17.3. The maximum atomic E-state index is 6.04. The van der Waals surface area contributed by atoms with E-state index in [1.165, 1.54) is 0 Å². The maximum Gasteiger partial charge on any atom is 0.254 e. The maximum absolute atomic E-state index is 6.04. The molecule has 9 heterocycles. The van der Waals surface area contributed by atoms with Crippen LogP contribution in [0.2, 0.25) is 0 Å². The number of aromatic amines is 2. The molecule has 2 N–H and O–H groups in total. The highest BCUT2D eigenvalue weighted by molar-refractivity contribution is 6.00. The molecule has 0 fully saturated rings. The molecular weight excluding hydrogens is 1550 g/mol. The summed E-state index contributed by atoms with van der Waals surface area (Å²) in [5.41, 5.74) is 12.3. The van der Waals surface area contributed by atoms with E-state index >= 15 is 0 Å². The normalized spacial score (nSPS) is 11.7. The number of rotatable bonds is 56. The van der Waals surface area contributed by atoms with Gasteiger partial charge in [0.1, 0.15) is 23.0 Å². The van der Waals surface area contributed by atoms with E-state index in [9.17, 15) is 0 Å². The van der Waals surface area contributed by atoms with Gasteiger partial charge in [0.05, 0.1) is 22.8 Å². The van der Waals surface area contributed by atoms with Crippen molar-refractivity contribution in [2.75, 3.05) is 136 Å². The van der Waals surface area contributed by atoms with E-state index in [1.807, 2.05) is 286 Å². The molecule has 0 atom stereocenters. The number of H-pyrrole nitrogens is 2. The standard InChI is InChI=1S/C88H94N8O24/c1-5-37-93(38-6-1)45-97-49-101-53-105-57-109-61-113-65-117-73-21-13-69(14-22-73)85-77-29-31-79(89-77)86(70-15-23-74(24-16-70)118-66-114-62-110-58-106-54-102-50-98-46-94-39-7-2-8-40-94)81-33-35-83(91-81)88(72-19-27-76(28-20-72)120-68-116-64-112-60-108-56-104-52-100-48-96-43-11-4-12-44-96)84-36-34-82(92-84)87(80-32-30-78(85)90-80)71-17-25-75(26-18-71)119-67-115-63-111-59-107-55-103-51-99-47-95-41-9-3-10-42-95/h1-44,89,92H,45-68H2/q+4. The summed E-state index contributed by atoms with van der Waals surface area (Å²) in [5, 5.41) is 0. The summed E-state index contributed by atoms with van der Waals surface area (Å²) in [4.78, 5) is 18.7. The molecule has 13 rings (SSSR count). The Morgan fingerprint density at radius 2 is 0.367 bits per heavy atom. The molecule has 0 saturated heterocycles. The quantitative estimate of drug-likeness (QED) is 0.0203. The predicted molar refractivity (Wildman–Crippen MR) is 429 cm³/mol. The number of ether oxygens (including phenoxy) is 24. The van der Waals surface area contributed by atoms with Crippen LogP contribution in [0.15, 0.2) is 244 Å². The molecule has 0 aliphatic carbocycles. The van der Waals surface area contributed by atoms with Crippen LogP contribution in [-0.2, 0) is 122 Å². The summed E-state index contributed by atoms with van der Waals surface area (Å²) in [6.45, 7) is 0.521. The molecule has 11 aromatic rings. The van der Waals surface area contributed by atoms with Crippen LogP contribution >= 0.6 is 0 Å². The van der Waals surface area contributed by atoms with Crippen molar-refractivity contribution in [1.29, 1.82) is 0 Å². The highest BCUT2D eigenvalue weighted by atomic mass is 16.8. The molecule has 0 spiro atoms. The van der Waals surface area contributed by atoms with Crippen LogP contribution in [0.5, 0.6) is 23.0 Å². The number of benzene rings is 4. The fourth-order valence-corrected chi connectivity index (χ4v) is 11.9. The lowest BCUT2D eigenvalue weighted by Crippen LogP contribution is -2.34. The van der Waals surface area contributed by atoms with Gasteiger partial charge in [-0.05, 0) is 119 Å². The molecule has 626 valence electrons. The van der Waals surface area contributed by atoms with Gasteiger partial charge in [0.2, 0.25) is 0 Å². The molecule has 2 aliphatic heterocycles. The van der Waals surface area contributed by atoms with Crippen molar-refractivity contribution >= 4 is 46.4 Å². The second-order valence-corrected chi connectivity index (χ2v) is 25.7. The first-order chi connectivity index (χ1) is 59.6. The van der Waals surface area contributed by atoms with Crippen LogP contribution in [0.3, 0.4) is 0 Å². The van der Waals surface area contributed by atoms with Gasteiger partial charge in [0.15, 0.2) is 185 Å². The van der Waals surface area contributed by atoms with E-state index in [0.717, 1.165) is 66.6 Å². The number of aromatic nitrogens is 8. The predicted octanol–water partition coefficient (Wildman–Crippen LogP) is 12.1.